The zero-order valence-electron chi connectivity index (χ0n) is 21.8. The number of carbonyl (C=O) groups excluding carboxylic acids is 2. The van der Waals surface area contributed by atoms with Crippen LogP contribution in [0.1, 0.15) is 25.0 Å². The molecule has 0 saturated carbocycles. The second-order valence-electron chi connectivity index (χ2n) is 8.71. The molecule has 0 fully saturated rings. The molecule has 10 heteroatoms. The van der Waals surface area contributed by atoms with Crippen molar-refractivity contribution in [2.75, 3.05) is 23.7 Å². The molecule has 0 aliphatic rings. The minimum Gasteiger partial charge on any atom is -0.355 e. The summed E-state index contributed by atoms with van der Waals surface area (Å²) in [6, 6.07) is 19.6. The number of halogens is 1. The van der Waals surface area contributed by atoms with Gasteiger partial charge in [-0.15, -0.1) is 11.8 Å². The summed E-state index contributed by atoms with van der Waals surface area (Å²) in [5, 5.41) is 3.19. The maximum absolute atomic E-state index is 13.8. The van der Waals surface area contributed by atoms with E-state index in [1.165, 1.54) is 28.8 Å². The highest BCUT2D eigenvalue weighted by atomic mass is 35.5. The van der Waals surface area contributed by atoms with E-state index in [9.17, 15) is 18.0 Å². The third kappa shape index (κ3) is 7.09. The molecule has 0 bridgehead atoms. The lowest BCUT2D eigenvalue weighted by atomic mass is 10.1. The number of thioether (sulfide) groups is 1. The number of benzene rings is 3. The lowest BCUT2D eigenvalue weighted by Gasteiger charge is -2.32. The fourth-order valence-corrected chi connectivity index (χ4v) is 5.85. The molecule has 1 atom stereocenters. The van der Waals surface area contributed by atoms with Crippen molar-refractivity contribution in [3.63, 3.8) is 0 Å². The van der Waals surface area contributed by atoms with Crippen molar-refractivity contribution >= 4 is 50.9 Å². The van der Waals surface area contributed by atoms with Gasteiger partial charge < -0.3 is 10.2 Å². The van der Waals surface area contributed by atoms with E-state index in [2.05, 4.69) is 5.32 Å². The molecular weight excluding hydrogens is 542 g/mol. The molecule has 1 N–H and O–H groups in total. The molecule has 1 unspecified atom stereocenters. The average Bonchev–Trinajstić information content (AvgIpc) is 2.91. The third-order valence-corrected chi connectivity index (χ3v) is 8.97. The lowest BCUT2D eigenvalue weighted by Crippen LogP contribution is -2.51. The van der Waals surface area contributed by atoms with E-state index in [4.69, 9.17) is 11.6 Å². The van der Waals surface area contributed by atoms with E-state index in [0.717, 1.165) is 14.8 Å². The number of likely N-dealkylation sites (N-methyl/N-ethyl adjacent to an activating group) is 1. The van der Waals surface area contributed by atoms with Gasteiger partial charge in [-0.25, -0.2) is 8.42 Å². The largest absolute Gasteiger partial charge is 0.355 e. The SMILES string of the molecule is CCNC(=O)C(C)N(Cc1ccccc1Cl)C(=O)CN(c1ccc(C)cc1)S(=O)(=O)c1ccc(SC)cc1. The molecule has 0 heterocycles. The van der Waals surface area contributed by atoms with Crippen LogP contribution in [0.3, 0.4) is 0 Å². The molecule has 7 nitrogen and oxygen atoms in total. The van der Waals surface area contributed by atoms with Crippen LogP contribution in [0.4, 0.5) is 5.69 Å². The lowest BCUT2D eigenvalue weighted by molar-refractivity contribution is -0.139. The Hall–Kier alpha value is -3.01. The summed E-state index contributed by atoms with van der Waals surface area (Å²) in [6.07, 6.45) is 1.91. The summed E-state index contributed by atoms with van der Waals surface area (Å²) >= 11 is 7.87. The standard InChI is InChI=1S/C28H32ClN3O4S2/c1-5-30-28(34)21(3)31(18-22-8-6-7-9-26(22)29)27(33)19-32(23-12-10-20(2)11-13-23)38(35,36)25-16-14-24(37-4)15-17-25/h6-17,21H,5,18-19H2,1-4H3,(H,30,34). The minimum atomic E-state index is -4.11. The molecule has 0 aliphatic heterocycles. The molecule has 0 radical (unpaired) electrons. The van der Waals surface area contributed by atoms with Crippen LogP contribution in [0.2, 0.25) is 5.02 Å². The van der Waals surface area contributed by atoms with E-state index >= 15 is 0 Å². The van der Waals surface area contributed by atoms with Gasteiger partial charge in [-0.3, -0.25) is 13.9 Å². The van der Waals surface area contributed by atoms with Gasteiger partial charge in [-0.1, -0.05) is 47.5 Å². The first-order valence-corrected chi connectivity index (χ1v) is 15.2. The van der Waals surface area contributed by atoms with Gasteiger partial charge in [-0.05, 0) is 75.1 Å². The van der Waals surface area contributed by atoms with Gasteiger partial charge in [0.05, 0.1) is 10.6 Å². The van der Waals surface area contributed by atoms with E-state index in [0.29, 0.717) is 22.8 Å². The first kappa shape index (κ1) is 29.5. The number of hydrogen-bond donors (Lipinski definition) is 1. The van der Waals surface area contributed by atoms with Gasteiger partial charge in [0, 0.05) is 23.0 Å². The van der Waals surface area contributed by atoms with Crippen LogP contribution in [0.15, 0.2) is 82.6 Å². The van der Waals surface area contributed by atoms with Crippen LogP contribution < -0.4 is 9.62 Å². The number of carbonyl (C=O) groups is 2. The second kappa shape index (κ2) is 13.2. The summed E-state index contributed by atoms with van der Waals surface area (Å²) in [6.45, 7) is 5.25. The maximum Gasteiger partial charge on any atom is 0.264 e. The van der Waals surface area contributed by atoms with Crippen LogP contribution in [0.5, 0.6) is 0 Å². The van der Waals surface area contributed by atoms with Crippen LogP contribution in [-0.4, -0.2) is 50.5 Å². The number of nitrogens with one attached hydrogen (secondary N) is 1. The molecule has 0 aliphatic carbocycles. The van der Waals surface area contributed by atoms with E-state index in [1.54, 1.807) is 74.5 Å². The normalized spacial score (nSPS) is 12.0. The highest BCUT2D eigenvalue weighted by Crippen LogP contribution is 2.27. The number of aryl methyl sites for hydroxylation is 1. The molecule has 3 aromatic carbocycles. The Kier molecular flexibility index (Phi) is 10.2. The van der Waals surface area contributed by atoms with E-state index < -0.39 is 28.5 Å². The Morgan fingerprint density at radius 1 is 1.00 bits per heavy atom. The van der Waals surface area contributed by atoms with Crippen LogP contribution in [0, 0.1) is 6.92 Å². The van der Waals surface area contributed by atoms with Crippen molar-refractivity contribution in [3.05, 3.63) is 88.9 Å². The van der Waals surface area contributed by atoms with Gasteiger partial charge in [0.25, 0.3) is 10.0 Å². The van der Waals surface area contributed by atoms with Crippen molar-refractivity contribution in [1.82, 2.24) is 10.2 Å². The quantitative estimate of drug-likeness (QED) is 0.322. The van der Waals surface area contributed by atoms with Crippen LogP contribution in [-0.2, 0) is 26.2 Å². The van der Waals surface area contributed by atoms with Crippen molar-refractivity contribution < 1.29 is 18.0 Å². The molecule has 0 spiro atoms. The number of sulfonamides is 1. The smallest absolute Gasteiger partial charge is 0.264 e. The fourth-order valence-electron chi connectivity index (χ4n) is 3.83. The topological polar surface area (TPSA) is 86.8 Å². The van der Waals surface area contributed by atoms with Gasteiger partial charge >= 0.3 is 0 Å². The summed E-state index contributed by atoms with van der Waals surface area (Å²) in [5.41, 5.74) is 1.95. The number of amides is 2. The summed E-state index contributed by atoms with van der Waals surface area (Å²) in [5.74, 6) is -0.876. The minimum absolute atomic E-state index is 0.0427. The first-order valence-electron chi connectivity index (χ1n) is 12.1. The molecule has 202 valence electrons. The predicted octanol–water partition coefficient (Wildman–Crippen LogP) is 5.12. The Morgan fingerprint density at radius 3 is 2.21 bits per heavy atom. The van der Waals surface area contributed by atoms with Crippen molar-refractivity contribution in [1.29, 1.82) is 0 Å². The molecule has 3 aromatic rings. The number of hydrogen-bond acceptors (Lipinski definition) is 5. The van der Waals surface area contributed by atoms with Gasteiger partial charge in [0.15, 0.2) is 0 Å². The third-order valence-electron chi connectivity index (χ3n) is 6.07. The van der Waals surface area contributed by atoms with Crippen LogP contribution >= 0.6 is 23.4 Å². The highest BCUT2D eigenvalue weighted by molar-refractivity contribution is 7.98. The number of nitrogens with zero attached hydrogens (tertiary/aromatic N) is 2. The molecule has 38 heavy (non-hydrogen) atoms. The summed E-state index contributed by atoms with van der Waals surface area (Å²) < 4.78 is 28.8. The highest BCUT2D eigenvalue weighted by Gasteiger charge is 2.32. The molecule has 0 saturated heterocycles. The number of rotatable bonds is 11. The Labute approximate surface area is 234 Å². The molecule has 3 rings (SSSR count). The summed E-state index contributed by atoms with van der Waals surface area (Å²) in [4.78, 5) is 28.9. The van der Waals surface area contributed by atoms with E-state index in [-0.39, 0.29) is 17.3 Å². The van der Waals surface area contributed by atoms with Gasteiger partial charge in [0.2, 0.25) is 11.8 Å². The fraction of sp³-hybridized carbons (Fsp3) is 0.286. The van der Waals surface area contributed by atoms with Crippen molar-refractivity contribution in [2.45, 2.75) is 43.1 Å². The predicted molar refractivity (Wildman–Crippen MR) is 154 cm³/mol. The van der Waals surface area contributed by atoms with E-state index in [1.807, 2.05) is 13.2 Å². The zero-order chi connectivity index (χ0) is 27.9. The van der Waals surface area contributed by atoms with Crippen molar-refractivity contribution in [3.8, 4) is 0 Å². The molecular formula is C28H32ClN3O4S2. The van der Waals surface area contributed by atoms with Crippen LogP contribution in [0.25, 0.3) is 0 Å². The second-order valence-corrected chi connectivity index (χ2v) is 11.9. The first-order chi connectivity index (χ1) is 18.1. The number of anilines is 1. The maximum atomic E-state index is 13.8. The molecule has 2 amide bonds. The van der Waals surface area contributed by atoms with Crippen molar-refractivity contribution in [2.24, 2.45) is 0 Å². The van der Waals surface area contributed by atoms with Gasteiger partial charge in [0.1, 0.15) is 12.6 Å². The Morgan fingerprint density at radius 2 is 1.63 bits per heavy atom. The summed E-state index contributed by atoms with van der Waals surface area (Å²) in [7, 11) is -4.11. The Bertz CT molecular complexity index is 1360. The average molecular weight is 574 g/mol. The molecule has 0 aromatic heterocycles. The Balaban J connectivity index is 2.03. The monoisotopic (exact) mass is 573 g/mol. The van der Waals surface area contributed by atoms with Gasteiger partial charge in [-0.2, -0.15) is 0 Å². The zero-order valence-corrected chi connectivity index (χ0v) is 24.2.